The van der Waals surface area contributed by atoms with Gasteiger partial charge in [0.2, 0.25) is 0 Å². The number of carbonyl (C=O) groups is 1. The van der Waals surface area contributed by atoms with Crippen molar-refractivity contribution in [2.45, 2.75) is 39.7 Å². The zero-order valence-electron chi connectivity index (χ0n) is 17.0. The third-order valence-electron chi connectivity index (χ3n) is 5.23. The van der Waals surface area contributed by atoms with Gasteiger partial charge in [-0.15, -0.1) is 11.3 Å². The van der Waals surface area contributed by atoms with Crippen LogP contribution in [-0.4, -0.2) is 21.5 Å². The Morgan fingerprint density at radius 2 is 1.79 bits per heavy atom. The average molecular weight is 404 g/mol. The van der Waals surface area contributed by atoms with E-state index in [9.17, 15) is 4.79 Å². The first-order chi connectivity index (χ1) is 14.0. The van der Waals surface area contributed by atoms with E-state index in [1.54, 1.807) is 6.20 Å². The summed E-state index contributed by atoms with van der Waals surface area (Å²) in [5.74, 6) is -0.0314. The molecular formula is C24H25N3OS. The van der Waals surface area contributed by atoms with Crippen LogP contribution in [0.5, 0.6) is 0 Å². The van der Waals surface area contributed by atoms with E-state index in [2.05, 4.69) is 72.0 Å². The highest BCUT2D eigenvalue weighted by Crippen LogP contribution is 2.35. The molecule has 0 saturated carbocycles. The summed E-state index contributed by atoms with van der Waals surface area (Å²) in [6.45, 7) is 6.20. The van der Waals surface area contributed by atoms with E-state index in [0.29, 0.717) is 4.88 Å². The molecule has 0 aliphatic heterocycles. The summed E-state index contributed by atoms with van der Waals surface area (Å²) in [6.07, 6.45) is 3.62. The van der Waals surface area contributed by atoms with Crippen LogP contribution in [0.3, 0.4) is 0 Å². The number of rotatable bonds is 6. The van der Waals surface area contributed by atoms with Gasteiger partial charge >= 0.3 is 0 Å². The summed E-state index contributed by atoms with van der Waals surface area (Å²) < 4.78 is 2.16. The van der Waals surface area contributed by atoms with Gasteiger partial charge in [0.15, 0.2) is 0 Å². The molecule has 1 N–H and O–H groups in total. The average Bonchev–Trinajstić information content (AvgIpc) is 3.26. The maximum atomic E-state index is 13.2. The summed E-state index contributed by atoms with van der Waals surface area (Å²) >= 11 is 1.46. The second-order valence-electron chi connectivity index (χ2n) is 7.49. The first kappa shape index (κ1) is 19.4. The van der Waals surface area contributed by atoms with E-state index in [-0.39, 0.29) is 11.9 Å². The molecular weight excluding hydrogens is 378 g/mol. The molecule has 0 aliphatic rings. The van der Waals surface area contributed by atoms with Gasteiger partial charge in [-0.2, -0.15) is 0 Å². The predicted molar refractivity (Wildman–Crippen MR) is 120 cm³/mol. The molecule has 0 fully saturated rings. The number of pyridine rings is 1. The monoisotopic (exact) mass is 403 g/mol. The Morgan fingerprint density at radius 1 is 1.07 bits per heavy atom. The molecule has 3 aromatic heterocycles. The maximum absolute atomic E-state index is 13.2. The molecule has 3 heterocycles. The van der Waals surface area contributed by atoms with Crippen LogP contribution in [0.2, 0.25) is 0 Å². The first-order valence-electron chi connectivity index (χ1n) is 9.92. The molecule has 1 atom stereocenters. The van der Waals surface area contributed by atoms with Gasteiger partial charge in [0.1, 0.15) is 9.71 Å². The number of benzene rings is 1. The molecule has 4 nitrogen and oxygen atoms in total. The zero-order valence-corrected chi connectivity index (χ0v) is 17.8. The van der Waals surface area contributed by atoms with Gasteiger partial charge in [-0.25, -0.2) is 4.98 Å². The van der Waals surface area contributed by atoms with E-state index < -0.39 is 0 Å². The first-order valence-corrected chi connectivity index (χ1v) is 10.7. The second kappa shape index (κ2) is 8.21. The Kier molecular flexibility index (Phi) is 5.49. The third kappa shape index (κ3) is 3.96. The maximum Gasteiger partial charge on any atom is 0.263 e. The van der Waals surface area contributed by atoms with Crippen LogP contribution in [0.1, 0.15) is 40.0 Å². The molecule has 5 heteroatoms. The minimum Gasteiger partial charge on any atom is -0.349 e. The molecule has 29 heavy (non-hydrogen) atoms. The summed E-state index contributed by atoms with van der Waals surface area (Å²) in [5.41, 5.74) is 4.44. The SMILES string of the molecule is Cc1ccc(C)n1-c1c(C(=O)N[C@H](C)CCc2ccccc2)sc2ncccc12. The van der Waals surface area contributed by atoms with E-state index in [1.807, 2.05) is 18.2 Å². The minimum absolute atomic E-state index is 0.0314. The van der Waals surface area contributed by atoms with Gasteiger partial charge in [0, 0.05) is 29.0 Å². The van der Waals surface area contributed by atoms with Crippen LogP contribution in [0.25, 0.3) is 15.9 Å². The van der Waals surface area contributed by atoms with Crippen LogP contribution in [-0.2, 0) is 6.42 Å². The van der Waals surface area contributed by atoms with E-state index >= 15 is 0 Å². The van der Waals surface area contributed by atoms with Crippen LogP contribution in [0, 0.1) is 13.8 Å². The number of hydrogen-bond donors (Lipinski definition) is 1. The number of hydrogen-bond acceptors (Lipinski definition) is 3. The molecule has 1 aromatic carbocycles. The summed E-state index contributed by atoms with van der Waals surface area (Å²) in [6, 6.07) is 18.6. The Morgan fingerprint density at radius 3 is 2.52 bits per heavy atom. The van der Waals surface area contributed by atoms with Crippen LogP contribution in [0.15, 0.2) is 60.8 Å². The Bertz CT molecular complexity index is 1120. The molecule has 4 rings (SSSR count). The number of carbonyl (C=O) groups excluding carboxylic acids is 1. The standard InChI is InChI=1S/C24H25N3OS/c1-16(11-14-19-8-5-4-6-9-19)26-23(28)22-21(27-17(2)12-13-18(27)3)20-10-7-15-25-24(20)29-22/h4-10,12-13,15-16H,11,14H2,1-3H3,(H,26,28)/t16-/m1/s1. The van der Waals surface area contributed by atoms with Crippen molar-refractivity contribution in [3.05, 3.63) is 82.6 Å². The van der Waals surface area contributed by atoms with Crippen LogP contribution >= 0.6 is 11.3 Å². The Balaban J connectivity index is 1.61. The Hall–Kier alpha value is -2.92. The fraction of sp³-hybridized carbons (Fsp3) is 0.250. The van der Waals surface area contributed by atoms with Crippen molar-refractivity contribution in [1.82, 2.24) is 14.9 Å². The lowest BCUT2D eigenvalue weighted by molar-refractivity contribution is 0.0942. The van der Waals surface area contributed by atoms with Crippen LogP contribution in [0.4, 0.5) is 0 Å². The van der Waals surface area contributed by atoms with Gasteiger partial charge in [-0.1, -0.05) is 30.3 Å². The van der Waals surface area contributed by atoms with E-state index in [0.717, 1.165) is 40.1 Å². The predicted octanol–water partition coefficient (Wildman–Crippen LogP) is 5.45. The van der Waals surface area contributed by atoms with Gasteiger partial charge in [0.25, 0.3) is 5.91 Å². The number of thiophene rings is 1. The van der Waals surface area contributed by atoms with E-state index in [1.165, 1.54) is 16.9 Å². The number of aryl methyl sites for hydroxylation is 3. The summed E-state index contributed by atoms with van der Waals surface area (Å²) in [7, 11) is 0. The molecule has 0 spiro atoms. The third-order valence-corrected chi connectivity index (χ3v) is 6.33. The van der Waals surface area contributed by atoms with Crippen molar-refractivity contribution in [3.63, 3.8) is 0 Å². The Labute approximate surface area is 175 Å². The molecule has 148 valence electrons. The lowest BCUT2D eigenvalue weighted by atomic mass is 10.1. The molecule has 4 aromatic rings. The molecule has 0 radical (unpaired) electrons. The van der Waals surface area contributed by atoms with Gasteiger partial charge in [-0.05, 0) is 63.4 Å². The highest BCUT2D eigenvalue weighted by Gasteiger charge is 2.23. The lowest BCUT2D eigenvalue weighted by Gasteiger charge is -2.15. The van der Waals surface area contributed by atoms with Gasteiger partial charge < -0.3 is 9.88 Å². The smallest absolute Gasteiger partial charge is 0.263 e. The fourth-order valence-electron chi connectivity index (χ4n) is 3.71. The topological polar surface area (TPSA) is 46.9 Å². The van der Waals surface area contributed by atoms with Gasteiger partial charge in [0.05, 0.1) is 5.69 Å². The number of nitrogens with zero attached hydrogens (tertiary/aromatic N) is 2. The molecule has 0 saturated heterocycles. The zero-order chi connectivity index (χ0) is 20.4. The van der Waals surface area contributed by atoms with Gasteiger partial charge in [-0.3, -0.25) is 4.79 Å². The van der Waals surface area contributed by atoms with E-state index in [4.69, 9.17) is 0 Å². The lowest BCUT2D eigenvalue weighted by Crippen LogP contribution is -2.33. The van der Waals surface area contributed by atoms with Crippen molar-refractivity contribution in [3.8, 4) is 5.69 Å². The number of nitrogens with one attached hydrogen (secondary N) is 1. The molecule has 1 amide bonds. The van der Waals surface area contributed by atoms with Crippen molar-refractivity contribution in [1.29, 1.82) is 0 Å². The van der Waals surface area contributed by atoms with Crippen molar-refractivity contribution in [2.75, 3.05) is 0 Å². The highest BCUT2D eigenvalue weighted by molar-refractivity contribution is 7.21. The van der Waals surface area contributed by atoms with Crippen molar-refractivity contribution in [2.24, 2.45) is 0 Å². The largest absolute Gasteiger partial charge is 0.349 e. The number of aromatic nitrogens is 2. The molecule has 0 aliphatic carbocycles. The fourth-order valence-corrected chi connectivity index (χ4v) is 4.74. The quantitative estimate of drug-likeness (QED) is 0.465. The summed E-state index contributed by atoms with van der Waals surface area (Å²) in [5, 5.41) is 4.21. The minimum atomic E-state index is -0.0314. The number of fused-ring (bicyclic) bond motifs is 1. The second-order valence-corrected chi connectivity index (χ2v) is 8.49. The highest BCUT2D eigenvalue weighted by atomic mass is 32.1. The van der Waals surface area contributed by atoms with Crippen LogP contribution < -0.4 is 5.32 Å². The number of amides is 1. The summed E-state index contributed by atoms with van der Waals surface area (Å²) in [4.78, 5) is 19.3. The normalized spacial score (nSPS) is 12.2. The molecule has 0 bridgehead atoms. The molecule has 0 unspecified atom stereocenters. The van der Waals surface area contributed by atoms with Crippen molar-refractivity contribution < 1.29 is 4.79 Å². The van der Waals surface area contributed by atoms with Crippen molar-refractivity contribution >= 4 is 27.5 Å².